The van der Waals surface area contributed by atoms with Crippen molar-refractivity contribution < 1.29 is 4.92 Å². The topological polar surface area (TPSA) is 49.6 Å². The highest BCUT2D eigenvalue weighted by atomic mass is 35.5. The van der Waals surface area contributed by atoms with Gasteiger partial charge in [-0.25, -0.2) is 0 Å². The molecule has 0 aliphatic carbocycles. The van der Waals surface area contributed by atoms with Crippen molar-refractivity contribution in [3.63, 3.8) is 0 Å². The number of nitrogens with zero attached hydrogens (tertiary/aromatic N) is 3. The number of hydrogen-bond donors (Lipinski definition) is 0. The first-order chi connectivity index (χ1) is 12.5. The zero-order valence-corrected chi connectivity index (χ0v) is 16.1. The van der Waals surface area contributed by atoms with Gasteiger partial charge in [0.05, 0.1) is 15.0 Å². The zero-order chi connectivity index (χ0) is 18.7. The lowest BCUT2D eigenvalue weighted by molar-refractivity contribution is -0.384. The van der Waals surface area contributed by atoms with Crippen LogP contribution in [-0.2, 0) is 0 Å². The predicted molar refractivity (Wildman–Crippen MR) is 106 cm³/mol. The van der Waals surface area contributed by atoms with E-state index >= 15 is 0 Å². The van der Waals surface area contributed by atoms with Crippen molar-refractivity contribution in [1.82, 2.24) is 4.90 Å². The molecule has 0 bridgehead atoms. The van der Waals surface area contributed by atoms with Crippen LogP contribution in [0.5, 0.6) is 0 Å². The van der Waals surface area contributed by atoms with Gasteiger partial charge in [-0.3, -0.25) is 15.0 Å². The van der Waals surface area contributed by atoms with Gasteiger partial charge in [0.2, 0.25) is 0 Å². The fraction of sp³-hybridized carbons (Fsp3) is 0.368. The van der Waals surface area contributed by atoms with E-state index in [1.165, 1.54) is 0 Å². The standard InChI is InChI=1S/C19H21Cl2N3O2/c1-2-17(14-7-8-15(20)16(21)13-14)22-9-11-23(12-10-22)18-5-3-4-6-19(18)24(25)26/h3-8,13,17H,2,9-12H2,1H3. The van der Waals surface area contributed by atoms with Gasteiger partial charge < -0.3 is 4.90 Å². The largest absolute Gasteiger partial charge is 0.363 e. The smallest absolute Gasteiger partial charge is 0.292 e. The molecule has 0 amide bonds. The van der Waals surface area contributed by atoms with E-state index in [0.29, 0.717) is 15.7 Å². The molecule has 2 aromatic carbocycles. The Labute approximate surface area is 163 Å². The van der Waals surface area contributed by atoms with Crippen molar-refractivity contribution >= 4 is 34.6 Å². The third-order valence-electron chi connectivity index (χ3n) is 4.89. The Morgan fingerprint density at radius 2 is 1.77 bits per heavy atom. The van der Waals surface area contributed by atoms with Gasteiger partial charge in [0.15, 0.2) is 0 Å². The summed E-state index contributed by atoms with van der Waals surface area (Å²) in [4.78, 5) is 15.5. The van der Waals surface area contributed by atoms with Crippen molar-refractivity contribution in [1.29, 1.82) is 0 Å². The van der Waals surface area contributed by atoms with Gasteiger partial charge in [-0.1, -0.05) is 48.3 Å². The SMILES string of the molecule is CCC(c1ccc(Cl)c(Cl)c1)N1CCN(c2ccccc2[N+](=O)[O-])CC1. The molecule has 1 aliphatic heterocycles. The van der Waals surface area contributed by atoms with Gasteiger partial charge >= 0.3 is 0 Å². The lowest BCUT2D eigenvalue weighted by Gasteiger charge is -2.40. The first-order valence-corrected chi connectivity index (χ1v) is 9.44. The molecule has 1 atom stereocenters. The minimum absolute atomic E-state index is 0.164. The van der Waals surface area contributed by atoms with Crippen LogP contribution in [0.2, 0.25) is 10.0 Å². The van der Waals surface area contributed by atoms with Crippen LogP contribution in [0.3, 0.4) is 0 Å². The molecule has 138 valence electrons. The van der Waals surface area contributed by atoms with Crippen LogP contribution in [0.15, 0.2) is 42.5 Å². The first kappa shape index (κ1) is 19.0. The maximum Gasteiger partial charge on any atom is 0.292 e. The van der Waals surface area contributed by atoms with Crippen molar-refractivity contribution in [3.05, 3.63) is 68.2 Å². The number of nitro benzene ring substituents is 1. The Bertz CT molecular complexity index is 792. The number of hydrogen-bond acceptors (Lipinski definition) is 4. The van der Waals surface area contributed by atoms with Crippen molar-refractivity contribution in [2.45, 2.75) is 19.4 Å². The second-order valence-electron chi connectivity index (χ2n) is 6.37. The number of benzene rings is 2. The summed E-state index contributed by atoms with van der Waals surface area (Å²) in [5.41, 5.74) is 2.01. The van der Waals surface area contributed by atoms with Crippen LogP contribution < -0.4 is 4.90 Å². The molecule has 0 spiro atoms. The van der Waals surface area contributed by atoms with E-state index < -0.39 is 0 Å². The molecule has 1 heterocycles. The molecule has 7 heteroatoms. The molecule has 0 aromatic heterocycles. The van der Waals surface area contributed by atoms with Gasteiger partial charge in [-0.15, -0.1) is 0 Å². The number of nitro groups is 1. The maximum absolute atomic E-state index is 11.3. The number of para-hydroxylation sites is 2. The normalized spacial score (nSPS) is 16.5. The first-order valence-electron chi connectivity index (χ1n) is 8.68. The minimum Gasteiger partial charge on any atom is -0.363 e. The Kier molecular flexibility index (Phi) is 6.01. The van der Waals surface area contributed by atoms with Crippen LogP contribution >= 0.6 is 23.2 Å². The molecular formula is C19H21Cl2N3O2. The maximum atomic E-state index is 11.3. The number of anilines is 1. The summed E-state index contributed by atoms with van der Waals surface area (Å²) in [7, 11) is 0. The highest BCUT2D eigenvalue weighted by molar-refractivity contribution is 6.42. The van der Waals surface area contributed by atoms with E-state index in [2.05, 4.69) is 16.7 Å². The predicted octanol–water partition coefficient (Wildman–Crippen LogP) is 5.17. The highest BCUT2D eigenvalue weighted by Gasteiger charge is 2.27. The summed E-state index contributed by atoms with van der Waals surface area (Å²) in [6.07, 6.45) is 0.962. The summed E-state index contributed by atoms with van der Waals surface area (Å²) >= 11 is 12.2. The Balaban J connectivity index is 1.73. The lowest BCUT2D eigenvalue weighted by atomic mass is 10.0. The Morgan fingerprint density at radius 3 is 2.38 bits per heavy atom. The molecule has 2 aromatic rings. The van der Waals surface area contributed by atoms with Gasteiger partial charge in [0.1, 0.15) is 5.69 Å². The molecule has 1 unspecified atom stereocenters. The van der Waals surface area contributed by atoms with Crippen LogP contribution in [0.1, 0.15) is 24.9 Å². The number of halogens is 2. The van der Waals surface area contributed by atoms with Crippen molar-refractivity contribution in [2.75, 3.05) is 31.1 Å². The molecule has 26 heavy (non-hydrogen) atoms. The third-order valence-corrected chi connectivity index (χ3v) is 5.63. The summed E-state index contributed by atoms with van der Waals surface area (Å²) in [6.45, 7) is 5.34. The van der Waals surface area contributed by atoms with Crippen molar-refractivity contribution in [3.8, 4) is 0 Å². The second-order valence-corrected chi connectivity index (χ2v) is 7.18. The molecule has 0 saturated carbocycles. The highest BCUT2D eigenvalue weighted by Crippen LogP contribution is 2.33. The summed E-state index contributed by atoms with van der Waals surface area (Å²) < 4.78 is 0. The third kappa shape index (κ3) is 3.95. The van der Waals surface area contributed by atoms with E-state index in [1.54, 1.807) is 12.1 Å². The Morgan fingerprint density at radius 1 is 1.08 bits per heavy atom. The van der Waals surface area contributed by atoms with E-state index in [-0.39, 0.29) is 16.7 Å². The van der Waals surface area contributed by atoms with Gasteiger partial charge in [0, 0.05) is 38.3 Å². The van der Waals surface area contributed by atoms with Crippen LogP contribution in [0.4, 0.5) is 11.4 Å². The minimum atomic E-state index is -0.313. The monoisotopic (exact) mass is 393 g/mol. The average molecular weight is 394 g/mol. The van der Waals surface area contributed by atoms with E-state index in [1.807, 2.05) is 30.3 Å². The number of piperazine rings is 1. The summed E-state index contributed by atoms with van der Waals surface area (Å²) in [5.74, 6) is 0. The molecule has 3 rings (SSSR count). The van der Waals surface area contributed by atoms with Gasteiger partial charge in [-0.2, -0.15) is 0 Å². The fourth-order valence-corrected chi connectivity index (χ4v) is 3.89. The summed E-state index contributed by atoms with van der Waals surface area (Å²) in [6, 6.07) is 13.0. The van der Waals surface area contributed by atoms with Crippen LogP contribution in [0.25, 0.3) is 0 Å². The van der Waals surface area contributed by atoms with Gasteiger partial charge in [0.25, 0.3) is 5.69 Å². The molecule has 1 saturated heterocycles. The molecule has 1 aliphatic rings. The van der Waals surface area contributed by atoms with Gasteiger partial charge in [-0.05, 0) is 30.2 Å². The Hall–Kier alpha value is -1.82. The van der Waals surface area contributed by atoms with E-state index in [9.17, 15) is 10.1 Å². The average Bonchev–Trinajstić information content (AvgIpc) is 2.66. The molecular weight excluding hydrogens is 373 g/mol. The molecule has 1 fully saturated rings. The zero-order valence-electron chi connectivity index (χ0n) is 14.6. The molecule has 0 N–H and O–H groups in total. The van der Waals surface area contributed by atoms with Crippen molar-refractivity contribution in [2.24, 2.45) is 0 Å². The lowest BCUT2D eigenvalue weighted by Crippen LogP contribution is -2.47. The molecule has 5 nitrogen and oxygen atoms in total. The molecule has 0 radical (unpaired) electrons. The van der Waals surface area contributed by atoms with E-state index in [4.69, 9.17) is 23.2 Å². The fourth-order valence-electron chi connectivity index (χ4n) is 3.58. The number of rotatable bonds is 5. The second kappa shape index (κ2) is 8.25. The van der Waals surface area contributed by atoms with E-state index in [0.717, 1.165) is 38.2 Å². The quantitative estimate of drug-likeness (QED) is 0.518. The van der Waals surface area contributed by atoms with Crippen LogP contribution in [-0.4, -0.2) is 36.0 Å². The van der Waals surface area contributed by atoms with Crippen LogP contribution in [0, 0.1) is 10.1 Å². The summed E-state index contributed by atoms with van der Waals surface area (Å²) in [5, 5.41) is 12.4.